The number of benzene rings is 3. The summed E-state index contributed by atoms with van der Waals surface area (Å²) in [7, 11) is 0. The molecule has 0 bridgehead atoms. The topological polar surface area (TPSA) is 65.8 Å². The number of carbonyl (C=O) groups excluding carboxylic acids is 1. The lowest BCUT2D eigenvalue weighted by atomic mass is 10.2. The molecule has 0 aromatic heterocycles. The highest BCUT2D eigenvalue weighted by Gasteiger charge is 2.33. The van der Waals surface area contributed by atoms with Crippen molar-refractivity contribution in [3.63, 3.8) is 0 Å². The number of carbonyl (C=O) groups is 1. The van der Waals surface area contributed by atoms with Gasteiger partial charge >= 0.3 is 12.2 Å². The summed E-state index contributed by atoms with van der Waals surface area (Å²) in [5.41, 5.74) is 0.501. The summed E-state index contributed by atoms with van der Waals surface area (Å²) in [6, 6.07) is 18.1. The number of amides is 2. The molecule has 3 aromatic carbocycles. The standard InChI is InChI=1S/C20H14ClF3N4O/c21-18-10-9-15(12-17(18)20(22,23)24)26-19(29)25-14-7-4-8-16(11-14)28-27-13-5-2-1-3-6-13/h1-12H,(H2,25,26,29). The van der Waals surface area contributed by atoms with Gasteiger partial charge in [0.05, 0.1) is 22.0 Å². The van der Waals surface area contributed by atoms with Crippen LogP contribution in [0.15, 0.2) is 83.0 Å². The van der Waals surface area contributed by atoms with Crippen molar-refractivity contribution in [1.29, 1.82) is 0 Å². The van der Waals surface area contributed by atoms with Gasteiger partial charge in [0.1, 0.15) is 0 Å². The quantitative estimate of drug-likeness (QED) is 0.425. The van der Waals surface area contributed by atoms with Gasteiger partial charge in [-0.1, -0.05) is 35.9 Å². The summed E-state index contributed by atoms with van der Waals surface area (Å²) < 4.78 is 38.8. The Bertz CT molecular complexity index is 1040. The van der Waals surface area contributed by atoms with Crippen molar-refractivity contribution in [2.75, 3.05) is 10.6 Å². The highest BCUT2D eigenvalue weighted by molar-refractivity contribution is 6.31. The number of halogens is 4. The summed E-state index contributed by atoms with van der Waals surface area (Å²) in [5.74, 6) is 0. The van der Waals surface area contributed by atoms with E-state index in [9.17, 15) is 18.0 Å². The molecule has 0 aliphatic heterocycles. The van der Waals surface area contributed by atoms with Gasteiger partial charge in [0.2, 0.25) is 0 Å². The third kappa shape index (κ3) is 5.79. The van der Waals surface area contributed by atoms with Gasteiger partial charge in [-0.05, 0) is 48.5 Å². The maximum Gasteiger partial charge on any atom is 0.417 e. The van der Waals surface area contributed by atoms with Gasteiger partial charge in [-0.15, -0.1) is 0 Å². The van der Waals surface area contributed by atoms with Crippen LogP contribution in [0.5, 0.6) is 0 Å². The van der Waals surface area contributed by atoms with Crippen molar-refractivity contribution in [2.24, 2.45) is 10.2 Å². The van der Waals surface area contributed by atoms with E-state index in [1.165, 1.54) is 6.07 Å². The molecule has 3 rings (SSSR count). The smallest absolute Gasteiger partial charge is 0.308 e. The second kappa shape index (κ2) is 8.74. The first-order valence-electron chi connectivity index (χ1n) is 8.33. The predicted octanol–water partition coefficient (Wildman–Crippen LogP) is 7.42. The van der Waals surface area contributed by atoms with E-state index in [-0.39, 0.29) is 5.69 Å². The van der Waals surface area contributed by atoms with Crippen LogP contribution in [-0.2, 0) is 6.18 Å². The van der Waals surface area contributed by atoms with E-state index < -0.39 is 22.8 Å². The van der Waals surface area contributed by atoms with Crippen LogP contribution in [0.1, 0.15) is 5.56 Å². The maximum atomic E-state index is 12.9. The van der Waals surface area contributed by atoms with Crippen LogP contribution in [0, 0.1) is 0 Å². The molecule has 9 heteroatoms. The summed E-state index contributed by atoms with van der Waals surface area (Å²) in [6.45, 7) is 0. The van der Waals surface area contributed by atoms with E-state index in [0.29, 0.717) is 17.1 Å². The average Bonchev–Trinajstić information content (AvgIpc) is 2.68. The molecule has 2 amide bonds. The first-order valence-corrected chi connectivity index (χ1v) is 8.71. The molecule has 0 atom stereocenters. The van der Waals surface area contributed by atoms with Crippen LogP contribution in [-0.4, -0.2) is 6.03 Å². The Labute approximate surface area is 169 Å². The largest absolute Gasteiger partial charge is 0.417 e. The number of alkyl halides is 3. The molecule has 2 N–H and O–H groups in total. The Balaban J connectivity index is 1.68. The number of urea groups is 1. The maximum absolute atomic E-state index is 12.9. The van der Waals surface area contributed by atoms with Crippen molar-refractivity contribution in [3.05, 3.63) is 83.4 Å². The van der Waals surface area contributed by atoms with Crippen LogP contribution in [0.3, 0.4) is 0 Å². The second-order valence-corrected chi connectivity index (χ2v) is 6.26. The SMILES string of the molecule is O=C(Nc1cccc(N=Nc2ccccc2)c1)Nc1ccc(Cl)c(C(F)(F)F)c1. The van der Waals surface area contributed by atoms with Gasteiger partial charge in [0, 0.05) is 11.4 Å². The molecule has 0 spiro atoms. The molecule has 0 aliphatic rings. The molecular weight excluding hydrogens is 405 g/mol. The van der Waals surface area contributed by atoms with E-state index in [1.54, 1.807) is 36.4 Å². The van der Waals surface area contributed by atoms with Gasteiger partial charge in [-0.3, -0.25) is 0 Å². The lowest BCUT2D eigenvalue weighted by Gasteiger charge is -2.12. The number of hydrogen-bond acceptors (Lipinski definition) is 3. The summed E-state index contributed by atoms with van der Waals surface area (Å²) in [4.78, 5) is 12.1. The van der Waals surface area contributed by atoms with Crippen LogP contribution >= 0.6 is 11.6 Å². The van der Waals surface area contributed by atoms with Crippen molar-refractivity contribution in [2.45, 2.75) is 6.18 Å². The molecule has 0 fully saturated rings. The second-order valence-electron chi connectivity index (χ2n) is 5.86. The molecule has 0 aliphatic carbocycles. The van der Waals surface area contributed by atoms with Gasteiger partial charge in [0.15, 0.2) is 0 Å². The van der Waals surface area contributed by atoms with Gasteiger partial charge in [-0.25, -0.2) is 4.79 Å². The summed E-state index contributed by atoms with van der Waals surface area (Å²) in [6.07, 6.45) is -4.62. The molecule has 5 nitrogen and oxygen atoms in total. The third-order valence-corrected chi connectivity index (χ3v) is 4.00. The Morgan fingerprint density at radius 3 is 2.10 bits per heavy atom. The monoisotopic (exact) mass is 418 g/mol. The van der Waals surface area contributed by atoms with Gasteiger partial charge < -0.3 is 10.6 Å². The molecule has 0 saturated heterocycles. The highest BCUT2D eigenvalue weighted by atomic mass is 35.5. The zero-order chi connectivity index (χ0) is 20.9. The fraction of sp³-hybridized carbons (Fsp3) is 0.0500. The van der Waals surface area contributed by atoms with Crippen molar-refractivity contribution in [1.82, 2.24) is 0 Å². The fourth-order valence-corrected chi connectivity index (χ4v) is 2.59. The van der Waals surface area contributed by atoms with E-state index in [4.69, 9.17) is 11.6 Å². The van der Waals surface area contributed by atoms with Gasteiger partial charge in [0.25, 0.3) is 0 Å². The molecule has 3 aromatic rings. The molecule has 148 valence electrons. The molecule has 29 heavy (non-hydrogen) atoms. The fourth-order valence-electron chi connectivity index (χ4n) is 2.37. The molecule has 0 unspecified atom stereocenters. The minimum absolute atomic E-state index is 0.0425. The molecular formula is C20H14ClF3N4O. The summed E-state index contributed by atoms with van der Waals surface area (Å²) >= 11 is 5.57. The Morgan fingerprint density at radius 2 is 1.41 bits per heavy atom. The van der Waals surface area contributed by atoms with Crippen LogP contribution < -0.4 is 10.6 Å². The van der Waals surface area contributed by atoms with E-state index >= 15 is 0 Å². The third-order valence-electron chi connectivity index (χ3n) is 3.67. The number of hydrogen-bond donors (Lipinski definition) is 2. The number of rotatable bonds is 4. The Morgan fingerprint density at radius 1 is 0.793 bits per heavy atom. The van der Waals surface area contributed by atoms with Crippen LogP contribution in [0.4, 0.5) is 40.7 Å². The lowest BCUT2D eigenvalue weighted by molar-refractivity contribution is -0.137. The van der Waals surface area contributed by atoms with Crippen LogP contribution in [0.2, 0.25) is 5.02 Å². The predicted molar refractivity (Wildman–Crippen MR) is 106 cm³/mol. The molecule has 0 saturated carbocycles. The van der Waals surface area contributed by atoms with Crippen molar-refractivity contribution < 1.29 is 18.0 Å². The lowest BCUT2D eigenvalue weighted by Crippen LogP contribution is -2.19. The van der Waals surface area contributed by atoms with Crippen molar-refractivity contribution in [3.8, 4) is 0 Å². The van der Waals surface area contributed by atoms with E-state index in [0.717, 1.165) is 12.1 Å². The van der Waals surface area contributed by atoms with Crippen LogP contribution in [0.25, 0.3) is 0 Å². The minimum Gasteiger partial charge on any atom is -0.308 e. The number of nitrogens with zero attached hydrogens (tertiary/aromatic N) is 2. The van der Waals surface area contributed by atoms with Gasteiger partial charge in [-0.2, -0.15) is 23.4 Å². The molecule has 0 radical (unpaired) electrons. The first kappa shape index (κ1) is 20.3. The minimum atomic E-state index is -4.62. The molecule has 0 heterocycles. The normalized spacial score (nSPS) is 11.4. The van der Waals surface area contributed by atoms with E-state index in [2.05, 4.69) is 20.9 Å². The zero-order valence-electron chi connectivity index (χ0n) is 14.7. The highest BCUT2D eigenvalue weighted by Crippen LogP contribution is 2.36. The average molecular weight is 419 g/mol. The number of azo groups is 1. The summed E-state index contributed by atoms with van der Waals surface area (Å²) in [5, 5.41) is 12.6. The number of anilines is 2. The number of nitrogens with one attached hydrogen (secondary N) is 2. The van der Waals surface area contributed by atoms with Crippen molar-refractivity contribution >= 4 is 40.4 Å². The van der Waals surface area contributed by atoms with E-state index in [1.807, 2.05) is 18.2 Å². The Hall–Kier alpha value is -3.39. The Kier molecular flexibility index (Phi) is 6.13. The first-order chi connectivity index (χ1) is 13.8. The zero-order valence-corrected chi connectivity index (χ0v) is 15.5.